The molecular weight excluding hydrogens is 310 g/mol. The Morgan fingerprint density at radius 3 is 2.71 bits per heavy atom. The van der Waals surface area contributed by atoms with Crippen molar-refractivity contribution in [3.05, 3.63) is 23.7 Å². The molecule has 0 radical (unpaired) electrons. The summed E-state index contributed by atoms with van der Waals surface area (Å²) in [5.41, 5.74) is 2.74. The number of methoxy groups -OCH3 is 2. The van der Waals surface area contributed by atoms with Gasteiger partial charge in [0.15, 0.2) is 11.5 Å². The van der Waals surface area contributed by atoms with E-state index in [-0.39, 0.29) is 0 Å². The Balaban J connectivity index is 2.37. The number of aromatic nitrogens is 4. The molecule has 3 rings (SSSR count). The number of fused-ring (bicyclic) bond motifs is 3. The lowest BCUT2D eigenvalue weighted by atomic mass is 10.3. The maximum Gasteiger partial charge on any atom is 0.412 e. The van der Waals surface area contributed by atoms with Crippen molar-refractivity contribution in [2.24, 2.45) is 0 Å². The molecule has 0 aliphatic rings. The van der Waals surface area contributed by atoms with Crippen LogP contribution in [0.15, 0.2) is 12.1 Å². The van der Waals surface area contributed by atoms with Gasteiger partial charge < -0.3 is 9.47 Å². The van der Waals surface area contributed by atoms with Gasteiger partial charge in [0, 0.05) is 12.5 Å². The first-order valence-corrected chi connectivity index (χ1v) is 7.66. The molecule has 24 heavy (non-hydrogen) atoms. The molecule has 126 valence electrons. The summed E-state index contributed by atoms with van der Waals surface area (Å²) >= 11 is 0. The zero-order valence-electron chi connectivity index (χ0n) is 14.1. The van der Waals surface area contributed by atoms with E-state index in [1.165, 1.54) is 7.11 Å². The second-order valence-corrected chi connectivity index (χ2v) is 5.32. The average Bonchev–Trinajstić information content (AvgIpc) is 2.92. The monoisotopic (exact) mass is 329 g/mol. The summed E-state index contributed by atoms with van der Waals surface area (Å²) < 4.78 is 11.8. The van der Waals surface area contributed by atoms with Crippen molar-refractivity contribution in [1.29, 1.82) is 0 Å². The fourth-order valence-electron chi connectivity index (χ4n) is 2.68. The third-order valence-electron chi connectivity index (χ3n) is 3.71. The SMILES string of the molecule is CCCc1nc(C)c2c(NC(=O)OC)nc3ccc(OC)nc3n12. The van der Waals surface area contributed by atoms with Gasteiger partial charge in [0.25, 0.3) is 0 Å². The highest BCUT2D eigenvalue weighted by atomic mass is 16.5. The summed E-state index contributed by atoms with van der Waals surface area (Å²) in [6.07, 6.45) is 1.14. The van der Waals surface area contributed by atoms with Crippen LogP contribution in [0.1, 0.15) is 24.9 Å². The van der Waals surface area contributed by atoms with E-state index in [1.54, 1.807) is 19.2 Å². The Morgan fingerprint density at radius 1 is 1.25 bits per heavy atom. The lowest BCUT2D eigenvalue weighted by molar-refractivity contribution is 0.187. The Labute approximate surface area is 138 Å². The molecule has 0 aliphatic heterocycles. The normalized spacial score (nSPS) is 11.0. The molecule has 0 saturated carbocycles. The third-order valence-corrected chi connectivity index (χ3v) is 3.71. The summed E-state index contributed by atoms with van der Waals surface area (Å²) in [7, 11) is 2.88. The zero-order valence-corrected chi connectivity index (χ0v) is 14.1. The van der Waals surface area contributed by atoms with Crippen molar-refractivity contribution in [2.45, 2.75) is 26.7 Å². The lowest BCUT2D eigenvalue weighted by Gasteiger charge is -2.11. The van der Waals surface area contributed by atoms with Crippen LogP contribution >= 0.6 is 0 Å². The molecule has 0 aromatic carbocycles. The quantitative estimate of drug-likeness (QED) is 0.791. The molecule has 0 atom stereocenters. The number of pyridine rings is 1. The van der Waals surface area contributed by atoms with Crippen LogP contribution in [0.4, 0.5) is 10.6 Å². The number of nitrogens with zero attached hydrogens (tertiary/aromatic N) is 4. The van der Waals surface area contributed by atoms with Gasteiger partial charge in [-0.15, -0.1) is 0 Å². The molecule has 3 heterocycles. The highest BCUT2D eigenvalue weighted by Gasteiger charge is 2.19. The number of anilines is 1. The highest BCUT2D eigenvalue weighted by Crippen LogP contribution is 2.27. The fraction of sp³-hybridized carbons (Fsp3) is 0.375. The number of imidazole rings is 1. The number of hydrogen-bond acceptors (Lipinski definition) is 6. The summed E-state index contributed by atoms with van der Waals surface area (Å²) in [4.78, 5) is 25.3. The van der Waals surface area contributed by atoms with Crippen LogP contribution in [0, 0.1) is 6.92 Å². The molecule has 0 bridgehead atoms. The Hall–Kier alpha value is -2.90. The molecule has 3 aromatic rings. The number of ether oxygens (including phenoxy) is 2. The van der Waals surface area contributed by atoms with Gasteiger partial charge >= 0.3 is 6.09 Å². The van der Waals surface area contributed by atoms with E-state index in [4.69, 9.17) is 9.47 Å². The van der Waals surface area contributed by atoms with Crippen LogP contribution in [0.5, 0.6) is 5.88 Å². The third kappa shape index (κ3) is 2.60. The molecule has 0 aliphatic carbocycles. The molecule has 0 unspecified atom stereocenters. The summed E-state index contributed by atoms with van der Waals surface area (Å²) in [6, 6.07) is 3.53. The number of carbonyl (C=O) groups excluding carboxylic acids is 1. The van der Waals surface area contributed by atoms with Gasteiger partial charge in [-0.1, -0.05) is 6.92 Å². The fourth-order valence-corrected chi connectivity index (χ4v) is 2.68. The summed E-state index contributed by atoms with van der Waals surface area (Å²) in [5.74, 6) is 1.76. The second-order valence-electron chi connectivity index (χ2n) is 5.32. The maximum absolute atomic E-state index is 11.7. The van der Waals surface area contributed by atoms with Gasteiger partial charge in [0.05, 0.1) is 19.9 Å². The molecule has 3 aromatic heterocycles. The van der Waals surface area contributed by atoms with Crippen molar-refractivity contribution < 1.29 is 14.3 Å². The zero-order chi connectivity index (χ0) is 17.3. The van der Waals surface area contributed by atoms with Crippen molar-refractivity contribution in [2.75, 3.05) is 19.5 Å². The number of amides is 1. The first kappa shape index (κ1) is 16.0. The highest BCUT2D eigenvalue weighted by molar-refractivity contribution is 5.93. The molecule has 8 nitrogen and oxygen atoms in total. The second kappa shape index (κ2) is 6.31. The summed E-state index contributed by atoms with van der Waals surface area (Å²) in [5, 5.41) is 2.66. The minimum absolute atomic E-state index is 0.397. The van der Waals surface area contributed by atoms with E-state index >= 15 is 0 Å². The van der Waals surface area contributed by atoms with Crippen molar-refractivity contribution >= 4 is 28.6 Å². The molecule has 1 amide bonds. The van der Waals surface area contributed by atoms with Crippen LogP contribution in [0.3, 0.4) is 0 Å². The van der Waals surface area contributed by atoms with Crippen LogP contribution < -0.4 is 10.1 Å². The van der Waals surface area contributed by atoms with E-state index in [0.717, 1.165) is 24.4 Å². The van der Waals surface area contributed by atoms with E-state index in [1.807, 2.05) is 11.3 Å². The van der Waals surface area contributed by atoms with Gasteiger partial charge in [0.1, 0.15) is 16.9 Å². The van der Waals surface area contributed by atoms with Gasteiger partial charge in [-0.25, -0.2) is 14.8 Å². The Bertz CT molecular complexity index is 919. The number of aryl methyl sites for hydroxylation is 2. The molecule has 0 saturated heterocycles. The molecule has 8 heteroatoms. The maximum atomic E-state index is 11.7. The van der Waals surface area contributed by atoms with Gasteiger partial charge in [0.2, 0.25) is 5.88 Å². The van der Waals surface area contributed by atoms with Gasteiger partial charge in [-0.3, -0.25) is 9.72 Å². The van der Waals surface area contributed by atoms with Gasteiger partial charge in [-0.05, 0) is 19.4 Å². The summed E-state index contributed by atoms with van der Waals surface area (Å²) in [6.45, 7) is 3.96. The van der Waals surface area contributed by atoms with Crippen molar-refractivity contribution in [3.63, 3.8) is 0 Å². The van der Waals surface area contributed by atoms with Crippen LogP contribution in [-0.4, -0.2) is 39.7 Å². The van der Waals surface area contributed by atoms with Gasteiger partial charge in [-0.2, -0.15) is 4.98 Å². The molecular formula is C16H19N5O3. The van der Waals surface area contributed by atoms with Crippen LogP contribution in [-0.2, 0) is 11.2 Å². The van der Waals surface area contributed by atoms with Crippen LogP contribution in [0.2, 0.25) is 0 Å². The predicted octanol–water partition coefficient (Wildman–Crippen LogP) is 2.73. The standard InChI is InChI=1S/C16H19N5O3/c1-5-6-11-17-9(2)13-14(20-16(22)24-4)18-10-7-8-12(23-3)19-15(10)21(11)13/h7-8H,5-6H2,1-4H3,(H,18,20,22). The molecule has 0 fully saturated rings. The number of carbonyl (C=O) groups is 1. The minimum Gasteiger partial charge on any atom is -0.481 e. The number of nitrogens with one attached hydrogen (secondary N) is 1. The average molecular weight is 329 g/mol. The lowest BCUT2D eigenvalue weighted by Crippen LogP contribution is -2.14. The van der Waals surface area contributed by atoms with Crippen molar-refractivity contribution in [1.82, 2.24) is 19.4 Å². The number of hydrogen-bond donors (Lipinski definition) is 1. The molecule has 0 spiro atoms. The van der Waals surface area contributed by atoms with E-state index in [2.05, 4.69) is 27.2 Å². The van der Waals surface area contributed by atoms with E-state index in [9.17, 15) is 4.79 Å². The minimum atomic E-state index is -0.581. The largest absolute Gasteiger partial charge is 0.481 e. The van der Waals surface area contributed by atoms with E-state index < -0.39 is 6.09 Å². The smallest absolute Gasteiger partial charge is 0.412 e. The van der Waals surface area contributed by atoms with E-state index in [0.29, 0.717) is 28.4 Å². The van der Waals surface area contributed by atoms with Crippen LogP contribution in [0.25, 0.3) is 16.7 Å². The first-order valence-electron chi connectivity index (χ1n) is 7.66. The van der Waals surface area contributed by atoms with Crippen molar-refractivity contribution in [3.8, 4) is 5.88 Å². The topological polar surface area (TPSA) is 90.6 Å². The first-order chi connectivity index (χ1) is 11.6. The Morgan fingerprint density at radius 2 is 2.04 bits per heavy atom. The Kier molecular flexibility index (Phi) is 4.20. The number of rotatable bonds is 4. The predicted molar refractivity (Wildman–Crippen MR) is 89.6 cm³/mol. The molecule has 1 N–H and O–H groups in total.